The summed E-state index contributed by atoms with van der Waals surface area (Å²) in [6, 6.07) is 9.70. The average Bonchev–Trinajstić information content (AvgIpc) is 3.13. The number of ketones is 1. The number of fused-ring (bicyclic) bond motifs is 2. The number of amides is 1. The number of aromatic nitrogens is 1. The van der Waals surface area contributed by atoms with Crippen molar-refractivity contribution >= 4 is 22.7 Å². The van der Waals surface area contributed by atoms with Crippen LogP contribution in [0.3, 0.4) is 0 Å². The Labute approximate surface area is 181 Å². The lowest BCUT2D eigenvalue weighted by atomic mass is 9.81. The number of Topliss-reactive ketones (excluding diaryl/α,β-unsaturated/α-hetero) is 1. The van der Waals surface area contributed by atoms with Gasteiger partial charge in [0, 0.05) is 31.3 Å². The molecule has 3 aromatic rings. The predicted molar refractivity (Wildman–Crippen MR) is 116 cm³/mol. The van der Waals surface area contributed by atoms with Crippen molar-refractivity contribution in [2.45, 2.75) is 52.1 Å². The molecule has 2 aliphatic rings. The predicted octanol–water partition coefficient (Wildman–Crippen LogP) is 4.32. The van der Waals surface area contributed by atoms with Gasteiger partial charge >= 0.3 is 0 Å². The fraction of sp³-hybridized carbons (Fsp3) is 0.400. The third-order valence-corrected chi connectivity index (χ3v) is 6.82. The van der Waals surface area contributed by atoms with Gasteiger partial charge in [-0.1, -0.05) is 22.9 Å². The lowest BCUT2D eigenvalue weighted by Crippen LogP contribution is -2.52. The van der Waals surface area contributed by atoms with Gasteiger partial charge in [-0.3, -0.25) is 9.59 Å². The molecule has 6 heteroatoms. The molecule has 1 fully saturated rings. The van der Waals surface area contributed by atoms with Gasteiger partial charge in [-0.2, -0.15) is 0 Å². The summed E-state index contributed by atoms with van der Waals surface area (Å²) in [6.45, 7) is 7.18. The second kappa shape index (κ2) is 7.22. The van der Waals surface area contributed by atoms with Crippen molar-refractivity contribution < 1.29 is 18.8 Å². The number of carbonyl (C=O) groups excluding carboxylic acids is 2. The van der Waals surface area contributed by atoms with Gasteiger partial charge in [0.1, 0.15) is 17.0 Å². The van der Waals surface area contributed by atoms with E-state index in [9.17, 15) is 9.59 Å². The van der Waals surface area contributed by atoms with Gasteiger partial charge in [-0.15, -0.1) is 0 Å². The normalized spacial score (nSPS) is 17.6. The highest BCUT2D eigenvalue weighted by Gasteiger charge is 2.44. The first-order valence-corrected chi connectivity index (χ1v) is 10.8. The lowest BCUT2D eigenvalue weighted by molar-refractivity contribution is -0.134. The van der Waals surface area contributed by atoms with E-state index in [0.717, 1.165) is 27.8 Å². The maximum atomic E-state index is 13.0. The van der Waals surface area contributed by atoms with Crippen LogP contribution in [0.2, 0.25) is 0 Å². The number of hydrogen-bond donors (Lipinski definition) is 0. The standard InChI is InChI=1S/C25H26N2O4/c1-15-4-7-22-19(12-15)20(26-31-22)13-23(29)27-10-8-25(9-11-27)14-21(28)18-6-5-16(2)17(3)24(18)30-25/h4-7,12H,8-11,13-14H2,1-3H3. The summed E-state index contributed by atoms with van der Waals surface area (Å²) < 4.78 is 11.8. The first kappa shape index (κ1) is 19.8. The van der Waals surface area contributed by atoms with Gasteiger partial charge < -0.3 is 14.2 Å². The first-order chi connectivity index (χ1) is 14.8. The van der Waals surface area contributed by atoms with E-state index in [1.54, 1.807) is 0 Å². The molecule has 3 heterocycles. The minimum Gasteiger partial charge on any atom is -0.486 e. The molecule has 0 N–H and O–H groups in total. The Bertz CT molecular complexity index is 1200. The topological polar surface area (TPSA) is 72.6 Å². The fourth-order valence-corrected chi connectivity index (χ4v) is 4.71. The highest BCUT2D eigenvalue weighted by molar-refractivity contribution is 6.01. The number of hydrogen-bond acceptors (Lipinski definition) is 5. The third-order valence-electron chi connectivity index (χ3n) is 6.82. The Morgan fingerprint density at radius 3 is 2.68 bits per heavy atom. The number of ether oxygens (including phenoxy) is 1. The largest absolute Gasteiger partial charge is 0.486 e. The van der Waals surface area contributed by atoms with E-state index in [1.807, 2.05) is 56.0 Å². The summed E-state index contributed by atoms with van der Waals surface area (Å²) in [7, 11) is 0. The molecule has 0 radical (unpaired) electrons. The van der Waals surface area contributed by atoms with Crippen LogP contribution in [0.5, 0.6) is 5.75 Å². The molecular weight excluding hydrogens is 392 g/mol. The van der Waals surface area contributed by atoms with Crippen molar-refractivity contribution in [1.82, 2.24) is 10.1 Å². The smallest absolute Gasteiger partial charge is 0.228 e. The maximum absolute atomic E-state index is 13.0. The third kappa shape index (κ3) is 3.40. The number of rotatable bonds is 2. The zero-order valence-electron chi connectivity index (χ0n) is 18.2. The zero-order chi connectivity index (χ0) is 21.8. The Morgan fingerprint density at radius 2 is 1.90 bits per heavy atom. The van der Waals surface area contributed by atoms with Crippen LogP contribution in [0.15, 0.2) is 34.9 Å². The van der Waals surface area contributed by atoms with Crippen molar-refractivity contribution in [2.75, 3.05) is 13.1 Å². The molecule has 5 rings (SSSR count). The number of piperidine rings is 1. The molecule has 0 aliphatic carbocycles. The molecule has 0 atom stereocenters. The highest BCUT2D eigenvalue weighted by Crippen LogP contribution is 2.41. The Morgan fingerprint density at radius 1 is 1.13 bits per heavy atom. The highest BCUT2D eigenvalue weighted by atomic mass is 16.5. The number of aryl methyl sites for hydroxylation is 2. The van der Waals surface area contributed by atoms with Crippen LogP contribution in [-0.2, 0) is 11.2 Å². The molecule has 2 aromatic carbocycles. The molecule has 160 valence electrons. The van der Waals surface area contributed by atoms with E-state index >= 15 is 0 Å². The maximum Gasteiger partial charge on any atom is 0.228 e. The molecule has 31 heavy (non-hydrogen) atoms. The van der Waals surface area contributed by atoms with Crippen molar-refractivity contribution in [1.29, 1.82) is 0 Å². The molecule has 0 unspecified atom stereocenters. The minimum atomic E-state index is -0.517. The number of carbonyl (C=O) groups is 2. The van der Waals surface area contributed by atoms with Crippen LogP contribution in [0, 0.1) is 20.8 Å². The van der Waals surface area contributed by atoms with Crippen LogP contribution in [0.4, 0.5) is 0 Å². The van der Waals surface area contributed by atoms with E-state index in [-0.39, 0.29) is 18.1 Å². The van der Waals surface area contributed by atoms with Gasteiger partial charge in [0.05, 0.1) is 18.4 Å². The van der Waals surface area contributed by atoms with Gasteiger partial charge in [-0.05, 0) is 50.1 Å². The van der Waals surface area contributed by atoms with Crippen LogP contribution in [0.1, 0.15) is 52.0 Å². The van der Waals surface area contributed by atoms with E-state index in [1.165, 1.54) is 0 Å². The molecule has 2 aliphatic heterocycles. The Balaban J connectivity index is 1.30. The number of likely N-dealkylation sites (tertiary alicyclic amines) is 1. The first-order valence-electron chi connectivity index (χ1n) is 10.8. The fourth-order valence-electron chi connectivity index (χ4n) is 4.71. The molecule has 1 aromatic heterocycles. The van der Waals surface area contributed by atoms with Gasteiger partial charge in [0.25, 0.3) is 0 Å². The van der Waals surface area contributed by atoms with Crippen molar-refractivity contribution in [3.63, 3.8) is 0 Å². The second-order valence-corrected chi connectivity index (χ2v) is 8.96. The van der Waals surface area contributed by atoms with Crippen LogP contribution >= 0.6 is 0 Å². The SMILES string of the molecule is Cc1ccc2onc(CC(=O)N3CCC4(CC3)CC(=O)c3ccc(C)c(C)c3O4)c2c1. The van der Waals surface area contributed by atoms with E-state index in [2.05, 4.69) is 5.16 Å². The van der Waals surface area contributed by atoms with E-state index in [4.69, 9.17) is 9.26 Å². The van der Waals surface area contributed by atoms with Crippen LogP contribution < -0.4 is 4.74 Å². The monoisotopic (exact) mass is 418 g/mol. The second-order valence-electron chi connectivity index (χ2n) is 8.96. The zero-order valence-corrected chi connectivity index (χ0v) is 18.2. The van der Waals surface area contributed by atoms with E-state index < -0.39 is 5.60 Å². The minimum absolute atomic E-state index is 0.0288. The van der Waals surface area contributed by atoms with Gasteiger partial charge in [-0.25, -0.2) is 0 Å². The van der Waals surface area contributed by atoms with Crippen molar-refractivity contribution in [3.8, 4) is 5.75 Å². The summed E-state index contributed by atoms with van der Waals surface area (Å²) >= 11 is 0. The van der Waals surface area contributed by atoms with Crippen LogP contribution in [-0.4, -0.2) is 40.4 Å². The molecule has 1 spiro atoms. The molecule has 1 amide bonds. The molecular formula is C25H26N2O4. The van der Waals surface area contributed by atoms with Crippen molar-refractivity contribution in [3.05, 3.63) is 58.3 Å². The molecule has 6 nitrogen and oxygen atoms in total. The molecule has 1 saturated heterocycles. The summed E-state index contributed by atoms with van der Waals surface area (Å²) in [5.41, 5.74) is 4.78. The molecule has 0 saturated carbocycles. The quantitative estimate of drug-likeness (QED) is 0.620. The summed E-state index contributed by atoms with van der Waals surface area (Å²) in [5.74, 6) is 0.884. The summed E-state index contributed by atoms with van der Waals surface area (Å²) in [5, 5.41) is 5.01. The summed E-state index contributed by atoms with van der Waals surface area (Å²) in [6.07, 6.45) is 1.88. The summed E-state index contributed by atoms with van der Waals surface area (Å²) in [4.78, 5) is 27.6. The average molecular weight is 418 g/mol. The number of benzene rings is 2. The van der Waals surface area contributed by atoms with E-state index in [0.29, 0.717) is 49.2 Å². The van der Waals surface area contributed by atoms with Gasteiger partial charge in [0.15, 0.2) is 11.4 Å². The van der Waals surface area contributed by atoms with Crippen LogP contribution in [0.25, 0.3) is 11.0 Å². The Kier molecular flexibility index (Phi) is 4.61. The van der Waals surface area contributed by atoms with Crippen molar-refractivity contribution in [2.24, 2.45) is 0 Å². The lowest BCUT2D eigenvalue weighted by Gasteiger charge is -2.44. The molecule has 0 bridgehead atoms. The van der Waals surface area contributed by atoms with Gasteiger partial charge in [0.2, 0.25) is 5.91 Å². The Hall–Kier alpha value is -3.15. The number of nitrogens with zero attached hydrogens (tertiary/aromatic N) is 2.